The number of aliphatic hydroxyl groups excluding tert-OH is 2. The van der Waals surface area contributed by atoms with E-state index < -0.39 is 5.97 Å². The van der Waals surface area contributed by atoms with Crippen molar-refractivity contribution in [3.8, 4) is 0 Å². The normalized spacial score (nSPS) is 7.88. The zero-order valence-corrected chi connectivity index (χ0v) is 15.1. The zero-order valence-electron chi connectivity index (χ0n) is 15.1. The van der Waals surface area contributed by atoms with Crippen molar-refractivity contribution in [3.05, 3.63) is 66.8 Å². The highest BCUT2D eigenvalue weighted by molar-refractivity contribution is 5.86. The van der Waals surface area contributed by atoms with Gasteiger partial charge in [0.25, 0.3) is 0 Å². The Morgan fingerprint density at radius 2 is 1.44 bits per heavy atom. The van der Waals surface area contributed by atoms with Gasteiger partial charge in [0.05, 0.1) is 20.3 Å². The van der Waals surface area contributed by atoms with Gasteiger partial charge in [-0.15, -0.1) is 0 Å². The summed E-state index contributed by atoms with van der Waals surface area (Å²) in [7, 11) is 1.33. The van der Waals surface area contributed by atoms with Crippen LogP contribution in [-0.4, -0.2) is 47.6 Å². The predicted octanol–water partition coefficient (Wildman–Crippen LogP) is 2.68. The third-order valence-electron chi connectivity index (χ3n) is 2.03. The summed E-state index contributed by atoms with van der Waals surface area (Å²) in [5.74, 6) is -1.28. The first kappa shape index (κ1) is 27.2. The minimum absolute atomic E-state index is 0.125. The molecule has 6 heteroatoms. The number of aliphatic hydroxyl groups is 2. The summed E-state index contributed by atoms with van der Waals surface area (Å²) in [5, 5.41) is 23.1. The van der Waals surface area contributed by atoms with Gasteiger partial charge in [-0.3, -0.25) is 0 Å². The molecule has 0 atom stereocenters. The Kier molecular flexibility index (Phi) is 21.0. The minimum Gasteiger partial charge on any atom is -0.478 e. The number of aliphatic carboxylic acids is 1. The van der Waals surface area contributed by atoms with E-state index in [1.54, 1.807) is 6.92 Å². The van der Waals surface area contributed by atoms with Crippen molar-refractivity contribution >= 4 is 18.0 Å². The average Bonchev–Trinajstić information content (AvgIpc) is 2.62. The number of benzene rings is 1. The Bertz CT molecular complexity index is 506. The molecule has 140 valence electrons. The van der Waals surface area contributed by atoms with Crippen LogP contribution in [0.25, 0.3) is 6.08 Å². The lowest BCUT2D eigenvalue weighted by atomic mass is 10.2. The van der Waals surface area contributed by atoms with Gasteiger partial charge in [-0.2, -0.15) is 0 Å². The molecule has 0 aliphatic carbocycles. The molecule has 0 spiro atoms. The van der Waals surface area contributed by atoms with Gasteiger partial charge in [-0.05, 0) is 19.4 Å². The molecule has 3 N–H and O–H groups in total. The number of carboxylic acid groups (broad SMARTS) is 1. The highest BCUT2D eigenvalue weighted by Gasteiger charge is 1.95. The third kappa shape index (κ3) is 23.7. The van der Waals surface area contributed by atoms with Crippen LogP contribution < -0.4 is 0 Å². The number of carbonyl (C=O) groups is 2. The van der Waals surface area contributed by atoms with Crippen molar-refractivity contribution in [2.24, 2.45) is 0 Å². The van der Waals surface area contributed by atoms with Gasteiger partial charge >= 0.3 is 11.9 Å². The Hall–Kier alpha value is -2.70. The van der Waals surface area contributed by atoms with Crippen molar-refractivity contribution < 1.29 is 29.6 Å². The molecule has 0 unspecified atom stereocenters. The minimum atomic E-state index is -0.935. The molecule has 1 aromatic carbocycles. The van der Waals surface area contributed by atoms with E-state index in [9.17, 15) is 9.59 Å². The largest absolute Gasteiger partial charge is 0.478 e. The Morgan fingerprint density at radius 1 is 1.04 bits per heavy atom. The van der Waals surface area contributed by atoms with Crippen LogP contribution in [0, 0.1) is 0 Å². The summed E-state index contributed by atoms with van der Waals surface area (Å²) >= 11 is 0. The van der Waals surface area contributed by atoms with E-state index in [0.717, 1.165) is 0 Å². The number of hydrogen-bond acceptors (Lipinski definition) is 5. The third-order valence-corrected chi connectivity index (χ3v) is 2.03. The maximum Gasteiger partial charge on any atom is 0.332 e. The van der Waals surface area contributed by atoms with E-state index in [2.05, 4.69) is 24.5 Å². The summed E-state index contributed by atoms with van der Waals surface area (Å²) in [6.07, 6.45) is 1.83. The van der Waals surface area contributed by atoms with E-state index in [1.165, 1.54) is 19.6 Å². The predicted molar refractivity (Wildman–Crippen MR) is 100.0 cm³/mol. The molecule has 25 heavy (non-hydrogen) atoms. The lowest BCUT2D eigenvalue weighted by Crippen LogP contribution is -1.98. The van der Waals surface area contributed by atoms with Gasteiger partial charge in [-0.25, -0.2) is 9.59 Å². The second-order valence-corrected chi connectivity index (χ2v) is 4.42. The molecule has 0 aliphatic rings. The summed E-state index contributed by atoms with van der Waals surface area (Å²) in [6.45, 7) is 12.9. The second kappa shape index (κ2) is 19.3. The van der Waals surface area contributed by atoms with Crippen LogP contribution in [0.15, 0.2) is 61.2 Å². The van der Waals surface area contributed by atoms with E-state index in [1.807, 2.05) is 36.4 Å². The second-order valence-electron chi connectivity index (χ2n) is 4.42. The van der Waals surface area contributed by atoms with Crippen molar-refractivity contribution in [1.82, 2.24) is 0 Å². The fourth-order valence-electron chi connectivity index (χ4n) is 0.763. The number of rotatable bonds is 4. The van der Waals surface area contributed by atoms with Crippen LogP contribution in [-0.2, 0) is 14.3 Å². The molecule has 0 saturated heterocycles. The number of methoxy groups -OCH3 is 1. The molecular weight excluding hydrogens is 324 g/mol. The van der Waals surface area contributed by atoms with Gasteiger partial charge in [0.2, 0.25) is 0 Å². The van der Waals surface area contributed by atoms with Crippen LogP contribution in [0.5, 0.6) is 0 Å². The first-order valence-corrected chi connectivity index (χ1v) is 7.19. The Balaban J connectivity index is -0.000000266. The van der Waals surface area contributed by atoms with Crippen LogP contribution >= 0.6 is 0 Å². The summed E-state index contributed by atoms with van der Waals surface area (Å²) in [6, 6.07) is 10.0. The van der Waals surface area contributed by atoms with Crippen LogP contribution in [0.2, 0.25) is 0 Å². The molecule has 0 bridgehead atoms. The van der Waals surface area contributed by atoms with Crippen molar-refractivity contribution in [2.75, 3.05) is 20.3 Å². The number of carboxylic acids is 1. The van der Waals surface area contributed by atoms with Gasteiger partial charge in [-0.1, -0.05) is 56.1 Å². The van der Waals surface area contributed by atoms with Crippen LogP contribution in [0.4, 0.5) is 0 Å². The van der Waals surface area contributed by atoms with Crippen LogP contribution in [0.3, 0.4) is 0 Å². The zero-order chi connectivity index (χ0) is 20.3. The standard InChI is InChI=1S/C8H8.C5H8O2.C4H6O2.C2H6O2/c1-2-8-6-4-3-5-7-8;1-4(2)5(6)7-3;1-3(2)4(5)6;3-1-2-4/h2-7H,1H2;1H2,2-3H3;1H2,2H3,(H,5,6);3-4H,1-2H2. The quantitative estimate of drug-likeness (QED) is 0.568. The molecule has 0 saturated carbocycles. The number of carbonyl (C=O) groups excluding carboxylic acids is 1. The monoisotopic (exact) mass is 352 g/mol. The SMILES string of the molecule is C=C(C)C(=O)O.C=C(C)C(=O)OC.C=Cc1ccccc1.OCCO. The first-order chi connectivity index (χ1) is 11.7. The molecule has 0 aromatic heterocycles. The number of hydrogen-bond donors (Lipinski definition) is 3. The van der Waals surface area contributed by atoms with E-state index in [-0.39, 0.29) is 24.8 Å². The molecule has 0 aliphatic heterocycles. The van der Waals surface area contributed by atoms with E-state index >= 15 is 0 Å². The van der Waals surface area contributed by atoms with Crippen molar-refractivity contribution in [2.45, 2.75) is 13.8 Å². The molecule has 0 amide bonds. The lowest BCUT2D eigenvalue weighted by Gasteiger charge is -1.91. The summed E-state index contributed by atoms with van der Waals surface area (Å²) in [4.78, 5) is 19.8. The smallest absolute Gasteiger partial charge is 0.332 e. The van der Waals surface area contributed by atoms with E-state index in [0.29, 0.717) is 5.57 Å². The summed E-state index contributed by atoms with van der Waals surface area (Å²) < 4.78 is 4.27. The van der Waals surface area contributed by atoms with Crippen molar-refractivity contribution in [3.63, 3.8) is 0 Å². The molecule has 1 aromatic rings. The number of esters is 1. The summed E-state index contributed by atoms with van der Waals surface area (Å²) in [5.41, 5.74) is 1.78. The van der Waals surface area contributed by atoms with Gasteiger partial charge in [0.15, 0.2) is 0 Å². The number of ether oxygens (including phenoxy) is 1. The Morgan fingerprint density at radius 3 is 1.56 bits per heavy atom. The van der Waals surface area contributed by atoms with Crippen LogP contribution in [0.1, 0.15) is 19.4 Å². The molecule has 0 radical (unpaired) electrons. The topological polar surface area (TPSA) is 104 Å². The average molecular weight is 352 g/mol. The maximum atomic E-state index is 10.2. The van der Waals surface area contributed by atoms with Crippen molar-refractivity contribution in [1.29, 1.82) is 0 Å². The highest BCUT2D eigenvalue weighted by atomic mass is 16.5. The maximum absolute atomic E-state index is 10.2. The fraction of sp³-hybridized carbons (Fsp3) is 0.263. The molecular formula is C19H28O6. The molecule has 6 nitrogen and oxygen atoms in total. The molecule has 0 heterocycles. The first-order valence-electron chi connectivity index (χ1n) is 7.19. The highest BCUT2D eigenvalue weighted by Crippen LogP contribution is 1.97. The van der Waals surface area contributed by atoms with E-state index in [4.69, 9.17) is 15.3 Å². The fourth-order valence-corrected chi connectivity index (χ4v) is 0.763. The molecule has 0 fully saturated rings. The van der Waals surface area contributed by atoms with Gasteiger partial charge in [0.1, 0.15) is 0 Å². The molecule has 1 rings (SSSR count). The lowest BCUT2D eigenvalue weighted by molar-refractivity contribution is -0.136. The van der Waals surface area contributed by atoms with Gasteiger partial charge < -0.3 is 20.1 Å². The Labute approximate surface area is 149 Å². The van der Waals surface area contributed by atoms with Gasteiger partial charge in [0, 0.05) is 11.1 Å².